The number of aromatic nitrogens is 2. The molecule has 1 aliphatic carbocycles. The molecule has 3 heterocycles. The van der Waals surface area contributed by atoms with E-state index in [2.05, 4.69) is 20.2 Å². The Morgan fingerprint density at radius 1 is 1.05 bits per heavy atom. The van der Waals surface area contributed by atoms with Crippen LogP contribution in [0.2, 0.25) is 0 Å². The fourth-order valence-electron chi connectivity index (χ4n) is 6.56. The van der Waals surface area contributed by atoms with Crippen molar-refractivity contribution in [3.63, 3.8) is 0 Å². The van der Waals surface area contributed by atoms with Gasteiger partial charge in [0.05, 0.1) is 23.0 Å². The SMILES string of the molecule is Cc1nc(OC(C)(C)C(N)=O)nc(C)c1C(=O)N1CC2CN(CCC(NC(=O)C3CCC(=O)C3)c3ccccc3)CC2C1. The second-order valence-corrected chi connectivity index (χ2v) is 12.8. The molecule has 11 heteroatoms. The Kier molecular flexibility index (Phi) is 8.82. The molecule has 4 unspecified atom stereocenters. The number of nitrogens with two attached hydrogens (primary N) is 1. The maximum Gasteiger partial charge on any atom is 0.317 e. The molecule has 3 N–H and O–H groups in total. The van der Waals surface area contributed by atoms with Gasteiger partial charge in [-0.05, 0) is 57.9 Å². The molecule has 2 aliphatic heterocycles. The van der Waals surface area contributed by atoms with E-state index in [1.807, 2.05) is 35.2 Å². The lowest BCUT2D eigenvalue weighted by Crippen LogP contribution is -2.43. The molecule has 2 aromatic rings. The third-order valence-electron chi connectivity index (χ3n) is 9.12. The molecular weight excluding hydrogens is 548 g/mol. The minimum Gasteiger partial charge on any atom is -0.447 e. The van der Waals surface area contributed by atoms with Crippen LogP contribution in [0.5, 0.6) is 6.01 Å². The topological polar surface area (TPSA) is 148 Å². The molecule has 0 bridgehead atoms. The number of likely N-dealkylation sites (tertiary alicyclic amines) is 2. The Balaban J connectivity index is 1.17. The van der Waals surface area contributed by atoms with Crippen molar-refractivity contribution in [2.24, 2.45) is 23.5 Å². The zero-order chi connectivity index (χ0) is 30.9. The number of carbonyl (C=O) groups excluding carboxylic acids is 4. The van der Waals surface area contributed by atoms with Gasteiger partial charge in [-0.2, -0.15) is 9.97 Å². The molecule has 43 heavy (non-hydrogen) atoms. The molecule has 11 nitrogen and oxygen atoms in total. The molecular formula is C32H42N6O5. The first-order valence-corrected chi connectivity index (χ1v) is 15.1. The van der Waals surface area contributed by atoms with Crippen molar-refractivity contribution in [3.8, 4) is 6.01 Å². The molecule has 0 radical (unpaired) electrons. The van der Waals surface area contributed by atoms with Crippen molar-refractivity contribution < 1.29 is 23.9 Å². The van der Waals surface area contributed by atoms with E-state index in [4.69, 9.17) is 10.5 Å². The predicted octanol–water partition coefficient (Wildman–Crippen LogP) is 2.36. The second kappa shape index (κ2) is 12.4. The Morgan fingerprint density at radius 2 is 1.67 bits per heavy atom. The third-order valence-corrected chi connectivity index (χ3v) is 9.12. The number of ketones is 1. The van der Waals surface area contributed by atoms with Gasteiger partial charge in [0.1, 0.15) is 5.78 Å². The van der Waals surface area contributed by atoms with E-state index in [9.17, 15) is 19.2 Å². The van der Waals surface area contributed by atoms with Crippen LogP contribution in [-0.4, -0.2) is 81.6 Å². The summed E-state index contributed by atoms with van der Waals surface area (Å²) in [5.74, 6) is -0.0620. The van der Waals surface area contributed by atoms with Crippen molar-refractivity contribution in [1.82, 2.24) is 25.1 Å². The first kappa shape index (κ1) is 30.6. The van der Waals surface area contributed by atoms with E-state index in [0.717, 1.165) is 31.6 Å². The summed E-state index contributed by atoms with van der Waals surface area (Å²) >= 11 is 0. The molecule has 3 fully saturated rings. The lowest BCUT2D eigenvalue weighted by Gasteiger charge is -2.26. The monoisotopic (exact) mass is 590 g/mol. The standard InChI is InChI=1S/C32H42N6O5/c1-19-27(20(2)35-31(34-19)43-32(3,4)30(33)42)29(41)38-17-23-15-37(16-24(23)18-38)13-12-26(21-8-6-5-7-9-21)36-28(40)22-10-11-25(39)14-22/h5-9,22-24,26H,10-18H2,1-4H3,(H2,33,42)(H,36,40). The summed E-state index contributed by atoms with van der Waals surface area (Å²) < 4.78 is 5.61. The number of nitrogens with one attached hydrogen (secondary N) is 1. The van der Waals surface area contributed by atoms with Crippen LogP contribution < -0.4 is 15.8 Å². The maximum atomic E-state index is 13.6. The van der Waals surface area contributed by atoms with Crippen LogP contribution in [0.1, 0.15) is 72.9 Å². The van der Waals surface area contributed by atoms with Gasteiger partial charge < -0.3 is 25.6 Å². The van der Waals surface area contributed by atoms with Gasteiger partial charge in [-0.25, -0.2) is 0 Å². The minimum atomic E-state index is -1.27. The number of carbonyl (C=O) groups is 4. The molecule has 3 amide bonds. The molecule has 0 spiro atoms. The zero-order valence-electron chi connectivity index (χ0n) is 25.5. The van der Waals surface area contributed by atoms with Gasteiger partial charge >= 0.3 is 6.01 Å². The maximum absolute atomic E-state index is 13.6. The third kappa shape index (κ3) is 6.87. The van der Waals surface area contributed by atoms with E-state index >= 15 is 0 Å². The zero-order valence-corrected chi connectivity index (χ0v) is 25.5. The highest BCUT2D eigenvalue weighted by Gasteiger charge is 2.42. The van der Waals surface area contributed by atoms with E-state index < -0.39 is 11.5 Å². The van der Waals surface area contributed by atoms with Crippen molar-refractivity contribution in [1.29, 1.82) is 0 Å². The number of fused-ring (bicyclic) bond motifs is 1. The van der Waals surface area contributed by atoms with Crippen LogP contribution in [0.15, 0.2) is 30.3 Å². The molecule has 4 atom stereocenters. The summed E-state index contributed by atoms with van der Waals surface area (Å²) in [6.07, 6.45) is 2.24. The second-order valence-electron chi connectivity index (χ2n) is 12.8. The number of rotatable bonds is 10. The number of nitrogens with zero attached hydrogens (tertiary/aromatic N) is 4. The summed E-state index contributed by atoms with van der Waals surface area (Å²) in [7, 11) is 0. The summed E-state index contributed by atoms with van der Waals surface area (Å²) in [4.78, 5) is 62.9. The Morgan fingerprint density at radius 3 is 2.23 bits per heavy atom. The van der Waals surface area contributed by atoms with Gasteiger partial charge in [0.15, 0.2) is 5.60 Å². The highest BCUT2D eigenvalue weighted by molar-refractivity contribution is 5.96. The molecule has 1 saturated carbocycles. The lowest BCUT2D eigenvalue weighted by molar-refractivity contribution is -0.131. The number of ether oxygens (including phenoxy) is 1. The lowest BCUT2D eigenvalue weighted by atomic mass is 10.0. The average Bonchev–Trinajstić information content (AvgIpc) is 3.65. The largest absolute Gasteiger partial charge is 0.447 e. The van der Waals surface area contributed by atoms with Gasteiger partial charge in [-0.15, -0.1) is 0 Å². The van der Waals surface area contributed by atoms with Crippen LogP contribution in [0.3, 0.4) is 0 Å². The summed E-state index contributed by atoms with van der Waals surface area (Å²) in [6, 6.07) is 9.91. The first-order valence-electron chi connectivity index (χ1n) is 15.1. The summed E-state index contributed by atoms with van der Waals surface area (Å²) in [6.45, 7) is 10.5. The van der Waals surface area contributed by atoms with Crippen LogP contribution in [-0.2, 0) is 14.4 Å². The minimum absolute atomic E-state index is 0.0195. The van der Waals surface area contributed by atoms with Crippen LogP contribution in [0, 0.1) is 31.6 Å². The molecule has 230 valence electrons. The number of hydrogen-bond donors (Lipinski definition) is 2. The Bertz CT molecular complexity index is 1360. The summed E-state index contributed by atoms with van der Waals surface area (Å²) in [5, 5.41) is 3.23. The van der Waals surface area contributed by atoms with E-state index in [1.165, 1.54) is 0 Å². The Labute approximate surface area is 252 Å². The smallest absolute Gasteiger partial charge is 0.317 e. The van der Waals surface area contributed by atoms with Crippen LogP contribution >= 0.6 is 0 Å². The fraction of sp³-hybridized carbons (Fsp3) is 0.562. The fourth-order valence-corrected chi connectivity index (χ4v) is 6.56. The quantitative estimate of drug-likeness (QED) is 0.429. The van der Waals surface area contributed by atoms with Gasteiger partial charge in [-0.1, -0.05) is 30.3 Å². The van der Waals surface area contributed by atoms with Gasteiger partial charge in [0.2, 0.25) is 5.91 Å². The average molecular weight is 591 g/mol. The highest BCUT2D eigenvalue weighted by Crippen LogP contribution is 2.33. The van der Waals surface area contributed by atoms with Crippen molar-refractivity contribution >= 4 is 23.5 Å². The summed E-state index contributed by atoms with van der Waals surface area (Å²) in [5.41, 5.74) is 6.67. The van der Waals surface area contributed by atoms with Gasteiger partial charge in [0, 0.05) is 51.5 Å². The number of primary amides is 1. The highest BCUT2D eigenvalue weighted by atomic mass is 16.5. The molecule has 2 saturated heterocycles. The number of hydrogen-bond acceptors (Lipinski definition) is 8. The normalized spacial score (nSPS) is 22.8. The van der Waals surface area contributed by atoms with Crippen molar-refractivity contribution in [2.75, 3.05) is 32.7 Å². The molecule has 1 aromatic heterocycles. The number of benzene rings is 1. The molecule has 5 rings (SSSR count). The molecule has 3 aliphatic rings. The van der Waals surface area contributed by atoms with Crippen LogP contribution in [0.4, 0.5) is 0 Å². The number of aryl methyl sites for hydroxylation is 2. The van der Waals surface area contributed by atoms with Crippen LogP contribution in [0.25, 0.3) is 0 Å². The number of Topliss-reactive ketones (excluding diaryl/α,β-unsaturated/α-hetero) is 1. The predicted molar refractivity (Wildman–Crippen MR) is 159 cm³/mol. The van der Waals surface area contributed by atoms with E-state index in [-0.39, 0.29) is 35.6 Å². The van der Waals surface area contributed by atoms with Gasteiger partial charge in [0.25, 0.3) is 11.8 Å². The van der Waals surface area contributed by atoms with Gasteiger partial charge in [-0.3, -0.25) is 19.2 Å². The number of amides is 3. The Hall–Kier alpha value is -3.86. The van der Waals surface area contributed by atoms with Crippen molar-refractivity contribution in [3.05, 3.63) is 52.8 Å². The van der Waals surface area contributed by atoms with E-state index in [0.29, 0.717) is 61.1 Å². The van der Waals surface area contributed by atoms with E-state index in [1.54, 1.807) is 27.7 Å². The van der Waals surface area contributed by atoms with Crippen molar-refractivity contribution in [2.45, 2.75) is 65.0 Å². The first-order chi connectivity index (χ1) is 20.4. The molecule has 1 aromatic carbocycles.